The second-order valence-corrected chi connectivity index (χ2v) is 6.27. The number of hydrogen-bond acceptors (Lipinski definition) is 2. The first kappa shape index (κ1) is 14.7. The van der Waals surface area contributed by atoms with E-state index in [9.17, 15) is 0 Å². The zero-order valence-electron chi connectivity index (χ0n) is 12.4. The first-order valence-electron chi connectivity index (χ1n) is 6.95. The third-order valence-corrected chi connectivity index (χ3v) is 4.06. The van der Waals surface area contributed by atoms with Gasteiger partial charge in [0, 0.05) is 5.02 Å². The van der Waals surface area contributed by atoms with Crippen LogP contribution in [-0.4, -0.2) is 19.3 Å². The van der Waals surface area contributed by atoms with Crippen LogP contribution in [0.1, 0.15) is 44.7 Å². The molecular formula is C16H23ClO2. The summed E-state index contributed by atoms with van der Waals surface area (Å²) < 4.78 is 11.2. The predicted molar refractivity (Wildman–Crippen MR) is 79.3 cm³/mol. The summed E-state index contributed by atoms with van der Waals surface area (Å²) in [5, 5.41) is 0.788. The SMILES string of the molecule is COc1c(CC(C)C2OC2C)cc(Cl)cc1C(C)C. The summed E-state index contributed by atoms with van der Waals surface area (Å²) in [5.41, 5.74) is 2.37. The lowest BCUT2D eigenvalue weighted by molar-refractivity contribution is 0.325. The van der Waals surface area contributed by atoms with Gasteiger partial charge in [-0.1, -0.05) is 32.4 Å². The summed E-state index contributed by atoms with van der Waals surface area (Å²) >= 11 is 6.24. The molecule has 1 aliphatic rings. The Morgan fingerprint density at radius 3 is 2.42 bits per heavy atom. The Hall–Kier alpha value is -0.730. The molecule has 0 spiro atoms. The Balaban J connectivity index is 2.27. The van der Waals surface area contributed by atoms with E-state index >= 15 is 0 Å². The molecule has 19 heavy (non-hydrogen) atoms. The highest BCUT2D eigenvalue weighted by Crippen LogP contribution is 2.37. The molecule has 2 nitrogen and oxygen atoms in total. The van der Waals surface area contributed by atoms with Crippen LogP contribution in [0.15, 0.2) is 12.1 Å². The van der Waals surface area contributed by atoms with E-state index in [-0.39, 0.29) is 0 Å². The fraction of sp³-hybridized carbons (Fsp3) is 0.625. The summed E-state index contributed by atoms with van der Waals surface area (Å²) in [6.45, 7) is 8.67. The van der Waals surface area contributed by atoms with Crippen LogP contribution in [-0.2, 0) is 11.2 Å². The molecule has 0 bridgehead atoms. The predicted octanol–water partition coefficient (Wildman–Crippen LogP) is 4.44. The summed E-state index contributed by atoms with van der Waals surface area (Å²) in [7, 11) is 1.74. The Labute approximate surface area is 121 Å². The topological polar surface area (TPSA) is 21.8 Å². The van der Waals surface area contributed by atoms with Crippen molar-refractivity contribution in [2.45, 2.75) is 52.2 Å². The summed E-state index contributed by atoms with van der Waals surface area (Å²) in [5.74, 6) is 1.88. The van der Waals surface area contributed by atoms with Crippen molar-refractivity contribution in [3.8, 4) is 5.75 Å². The Kier molecular flexibility index (Phi) is 4.42. The van der Waals surface area contributed by atoms with Crippen molar-refractivity contribution in [1.29, 1.82) is 0 Å². The molecule has 0 amide bonds. The van der Waals surface area contributed by atoms with Gasteiger partial charge in [0.05, 0.1) is 19.3 Å². The van der Waals surface area contributed by atoms with Gasteiger partial charge in [-0.3, -0.25) is 0 Å². The quantitative estimate of drug-likeness (QED) is 0.745. The highest BCUT2D eigenvalue weighted by Gasteiger charge is 2.39. The highest BCUT2D eigenvalue weighted by molar-refractivity contribution is 6.30. The van der Waals surface area contributed by atoms with Gasteiger partial charge in [0.1, 0.15) is 5.75 Å². The van der Waals surface area contributed by atoms with Crippen LogP contribution < -0.4 is 4.74 Å². The number of hydrogen-bond donors (Lipinski definition) is 0. The first-order chi connectivity index (χ1) is 8.93. The average Bonchev–Trinajstić information content (AvgIpc) is 3.05. The third kappa shape index (κ3) is 3.24. The van der Waals surface area contributed by atoms with Crippen molar-refractivity contribution in [1.82, 2.24) is 0 Å². The van der Waals surface area contributed by atoms with E-state index in [1.54, 1.807) is 7.11 Å². The van der Waals surface area contributed by atoms with Crippen LogP contribution in [0.5, 0.6) is 5.75 Å². The van der Waals surface area contributed by atoms with Crippen LogP contribution >= 0.6 is 11.6 Å². The maximum Gasteiger partial charge on any atom is 0.125 e. The molecule has 0 saturated carbocycles. The Morgan fingerprint density at radius 2 is 1.95 bits per heavy atom. The van der Waals surface area contributed by atoms with Gasteiger partial charge >= 0.3 is 0 Å². The number of rotatable bonds is 5. The van der Waals surface area contributed by atoms with E-state index in [4.69, 9.17) is 21.1 Å². The Morgan fingerprint density at radius 1 is 1.32 bits per heavy atom. The fourth-order valence-electron chi connectivity index (χ4n) is 2.76. The number of halogens is 1. The minimum absolute atomic E-state index is 0.381. The molecule has 106 valence electrons. The van der Waals surface area contributed by atoms with Gasteiger partial charge in [-0.05, 0) is 48.4 Å². The minimum atomic E-state index is 0.381. The van der Waals surface area contributed by atoms with Crippen LogP contribution in [0, 0.1) is 5.92 Å². The number of ether oxygens (including phenoxy) is 2. The van der Waals surface area contributed by atoms with Gasteiger partial charge in [-0.15, -0.1) is 0 Å². The maximum absolute atomic E-state index is 6.24. The lowest BCUT2D eigenvalue weighted by atomic mass is 9.92. The first-order valence-corrected chi connectivity index (χ1v) is 7.33. The van der Waals surface area contributed by atoms with Gasteiger partial charge in [-0.25, -0.2) is 0 Å². The van der Waals surface area contributed by atoms with Gasteiger partial charge < -0.3 is 9.47 Å². The van der Waals surface area contributed by atoms with Crippen LogP contribution in [0.4, 0.5) is 0 Å². The zero-order valence-corrected chi connectivity index (χ0v) is 13.1. The van der Waals surface area contributed by atoms with Crippen molar-refractivity contribution in [2.75, 3.05) is 7.11 Å². The second kappa shape index (κ2) is 5.72. The van der Waals surface area contributed by atoms with Crippen molar-refractivity contribution in [2.24, 2.45) is 5.92 Å². The summed E-state index contributed by atoms with van der Waals surface area (Å²) in [6.07, 6.45) is 1.72. The highest BCUT2D eigenvalue weighted by atomic mass is 35.5. The van der Waals surface area contributed by atoms with E-state index in [1.807, 2.05) is 12.1 Å². The molecular weight excluding hydrogens is 260 g/mol. The van der Waals surface area contributed by atoms with Gasteiger partial charge in [0.2, 0.25) is 0 Å². The smallest absolute Gasteiger partial charge is 0.125 e. The molecule has 0 radical (unpaired) electrons. The molecule has 0 aromatic heterocycles. The molecule has 1 fully saturated rings. The van der Waals surface area contributed by atoms with Crippen molar-refractivity contribution >= 4 is 11.6 Å². The van der Waals surface area contributed by atoms with Crippen LogP contribution in [0.3, 0.4) is 0 Å². The molecule has 0 N–H and O–H groups in total. The molecule has 1 aromatic carbocycles. The van der Waals surface area contributed by atoms with Gasteiger partial charge in [0.15, 0.2) is 0 Å². The molecule has 0 aliphatic carbocycles. The largest absolute Gasteiger partial charge is 0.496 e. The monoisotopic (exact) mass is 282 g/mol. The van der Waals surface area contributed by atoms with Gasteiger partial charge in [0.25, 0.3) is 0 Å². The lowest BCUT2D eigenvalue weighted by Crippen LogP contribution is -2.11. The van der Waals surface area contributed by atoms with E-state index in [0.717, 1.165) is 17.2 Å². The molecule has 3 unspecified atom stereocenters. The van der Waals surface area contributed by atoms with Crippen LogP contribution in [0.2, 0.25) is 5.02 Å². The normalized spacial score (nSPS) is 23.5. The average molecular weight is 283 g/mol. The van der Waals surface area contributed by atoms with Crippen molar-refractivity contribution in [3.63, 3.8) is 0 Å². The Bertz CT molecular complexity index is 456. The number of epoxide rings is 1. The van der Waals surface area contributed by atoms with E-state index in [0.29, 0.717) is 24.0 Å². The molecule has 1 heterocycles. The molecule has 3 heteroatoms. The standard InChI is InChI=1S/C16H23ClO2/c1-9(2)14-8-13(17)7-12(16(14)18-5)6-10(3)15-11(4)19-15/h7-11,15H,6H2,1-5H3. The molecule has 3 atom stereocenters. The van der Waals surface area contributed by atoms with E-state index in [1.165, 1.54) is 11.1 Å². The lowest BCUT2D eigenvalue weighted by Gasteiger charge is -2.18. The summed E-state index contributed by atoms with van der Waals surface area (Å²) in [4.78, 5) is 0. The summed E-state index contributed by atoms with van der Waals surface area (Å²) in [6, 6.07) is 4.03. The van der Waals surface area contributed by atoms with E-state index < -0.39 is 0 Å². The minimum Gasteiger partial charge on any atom is -0.496 e. The molecule has 1 aromatic rings. The fourth-order valence-corrected chi connectivity index (χ4v) is 3.01. The number of methoxy groups -OCH3 is 1. The zero-order chi connectivity index (χ0) is 14.2. The van der Waals surface area contributed by atoms with Crippen molar-refractivity contribution in [3.05, 3.63) is 28.3 Å². The molecule has 1 saturated heterocycles. The van der Waals surface area contributed by atoms with E-state index in [2.05, 4.69) is 27.7 Å². The maximum atomic E-state index is 6.24. The molecule has 2 rings (SSSR count). The van der Waals surface area contributed by atoms with Gasteiger partial charge in [-0.2, -0.15) is 0 Å². The third-order valence-electron chi connectivity index (χ3n) is 3.85. The number of benzene rings is 1. The van der Waals surface area contributed by atoms with Crippen molar-refractivity contribution < 1.29 is 9.47 Å². The van der Waals surface area contributed by atoms with Crippen LogP contribution in [0.25, 0.3) is 0 Å². The second-order valence-electron chi connectivity index (χ2n) is 5.83. The molecule has 1 aliphatic heterocycles.